The minimum Gasteiger partial charge on any atom is -0.342 e. The fraction of sp³-hybridized carbons (Fsp3) is 0.286. The third kappa shape index (κ3) is 4.71. The van der Waals surface area contributed by atoms with Crippen molar-refractivity contribution in [1.82, 2.24) is 25.1 Å². The number of alkyl halides is 3. The molecule has 0 aliphatic heterocycles. The lowest BCUT2D eigenvalue weighted by Gasteiger charge is -2.20. The standard InChI is InChI=1S/C21H19F3N6O/c1-13(18-27-12-28-30(18)17-6-4-5-7-26-17)29-19(31)14-8-15(20(2,3)11-25)10-16(9-14)21(22,23)24/h4-10,12-13H,1-3H3,(H,29,31). The van der Waals surface area contributed by atoms with Crippen molar-refractivity contribution in [2.45, 2.75) is 38.4 Å². The van der Waals surface area contributed by atoms with Crippen LogP contribution < -0.4 is 5.32 Å². The first-order chi connectivity index (χ1) is 14.5. The van der Waals surface area contributed by atoms with Crippen LogP contribution in [-0.2, 0) is 11.6 Å². The first-order valence-electron chi connectivity index (χ1n) is 9.29. The summed E-state index contributed by atoms with van der Waals surface area (Å²) in [4.78, 5) is 21.1. The van der Waals surface area contributed by atoms with Crippen LogP contribution in [0.3, 0.4) is 0 Å². The Hall–Kier alpha value is -3.74. The zero-order valence-corrected chi connectivity index (χ0v) is 17.0. The van der Waals surface area contributed by atoms with E-state index in [1.54, 1.807) is 31.3 Å². The molecular weight excluding hydrogens is 409 g/mol. The van der Waals surface area contributed by atoms with Crippen LogP contribution >= 0.6 is 0 Å². The van der Waals surface area contributed by atoms with Gasteiger partial charge in [0, 0.05) is 11.8 Å². The van der Waals surface area contributed by atoms with Crippen LogP contribution in [0, 0.1) is 11.3 Å². The van der Waals surface area contributed by atoms with Crippen LogP contribution in [0.5, 0.6) is 0 Å². The maximum absolute atomic E-state index is 13.4. The molecule has 2 aromatic heterocycles. The molecule has 1 unspecified atom stereocenters. The Morgan fingerprint density at radius 2 is 1.87 bits per heavy atom. The number of halogens is 3. The number of hydrogen-bond donors (Lipinski definition) is 1. The van der Waals surface area contributed by atoms with Crippen molar-refractivity contribution in [2.75, 3.05) is 0 Å². The van der Waals surface area contributed by atoms with E-state index in [0.717, 1.165) is 12.1 Å². The number of amides is 1. The fourth-order valence-electron chi connectivity index (χ4n) is 2.89. The molecule has 1 atom stereocenters. The maximum atomic E-state index is 13.4. The largest absolute Gasteiger partial charge is 0.416 e. The summed E-state index contributed by atoms with van der Waals surface area (Å²) in [6.07, 6.45) is -1.79. The number of carbonyl (C=O) groups is 1. The molecule has 0 bridgehead atoms. The normalized spacial score (nSPS) is 12.8. The molecule has 10 heteroatoms. The predicted molar refractivity (Wildman–Crippen MR) is 105 cm³/mol. The molecule has 0 aliphatic carbocycles. The van der Waals surface area contributed by atoms with Gasteiger partial charge in [-0.25, -0.2) is 9.97 Å². The second-order valence-corrected chi connectivity index (χ2v) is 7.45. The van der Waals surface area contributed by atoms with Gasteiger partial charge < -0.3 is 5.32 Å². The lowest BCUT2D eigenvalue weighted by molar-refractivity contribution is -0.137. The highest BCUT2D eigenvalue weighted by Crippen LogP contribution is 2.34. The number of aromatic nitrogens is 4. The summed E-state index contributed by atoms with van der Waals surface area (Å²) < 4.78 is 41.6. The van der Waals surface area contributed by atoms with Crippen molar-refractivity contribution in [3.63, 3.8) is 0 Å². The summed E-state index contributed by atoms with van der Waals surface area (Å²) >= 11 is 0. The van der Waals surface area contributed by atoms with Gasteiger partial charge in [-0.15, -0.1) is 0 Å². The van der Waals surface area contributed by atoms with Crippen molar-refractivity contribution in [3.05, 3.63) is 71.4 Å². The summed E-state index contributed by atoms with van der Waals surface area (Å²) in [5, 5.41) is 16.1. The van der Waals surface area contributed by atoms with Gasteiger partial charge in [-0.05, 0) is 56.7 Å². The Morgan fingerprint density at radius 1 is 1.16 bits per heavy atom. The number of carbonyl (C=O) groups excluding carboxylic acids is 1. The van der Waals surface area contributed by atoms with Crippen LogP contribution in [0.2, 0.25) is 0 Å². The Kier molecular flexibility index (Phi) is 5.79. The van der Waals surface area contributed by atoms with E-state index in [4.69, 9.17) is 0 Å². The van der Waals surface area contributed by atoms with Crippen LogP contribution in [-0.4, -0.2) is 25.7 Å². The van der Waals surface area contributed by atoms with E-state index in [2.05, 4.69) is 20.4 Å². The summed E-state index contributed by atoms with van der Waals surface area (Å²) in [5.41, 5.74) is -2.31. The van der Waals surface area contributed by atoms with E-state index >= 15 is 0 Å². The number of nitrogens with zero attached hydrogens (tertiary/aromatic N) is 5. The highest BCUT2D eigenvalue weighted by atomic mass is 19.4. The van der Waals surface area contributed by atoms with Gasteiger partial charge in [-0.3, -0.25) is 4.79 Å². The molecule has 31 heavy (non-hydrogen) atoms. The van der Waals surface area contributed by atoms with E-state index in [-0.39, 0.29) is 11.1 Å². The minimum absolute atomic E-state index is 0.0966. The lowest BCUT2D eigenvalue weighted by Crippen LogP contribution is -2.29. The minimum atomic E-state index is -4.67. The molecule has 0 radical (unpaired) electrons. The Bertz CT molecular complexity index is 1130. The van der Waals surface area contributed by atoms with Gasteiger partial charge in [0.05, 0.1) is 23.1 Å². The molecule has 0 saturated carbocycles. The lowest BCUT2D eigenvalue weighted by atomic mass is 9.84. The number of nitriles is 1. The van der Waals surface area contributed by atoms with Gasteiger partial charge in [-0.2, -0.15) is 28.2 Å². The topological polar surface area (TPSA) is 96.5 Å². The molecule has 1 aromatic carbocycles. The quantitative estimate of drug-likeness (QED) is 0.663. The van der Waals surface area contributed by atoms with Crippen molar-refractivity contribution >= 4 is 5.91 Å². The van der Waals surface area contributed by atoms with Crippen LogP contribution in [0.15, 0.2) is 48.9 Å². The molecule has 7 nitrogen and oxygen atoms in total. The van der Waals surface area contributed by atoms with Gasteiger partial charge in [0.2, 0.25) is 0 Å². The smallest absolute Gasteiger partial charge is 0.342 e. The van der Waals surface area contributed by atoms with E-state index in [0.29, 0.717) is 11.6 Å². The Balaban J connectivity index is 1.93. The molecule has 0 spiro atoms. The van der Waals surface area contributed by atoms with E-state index in [1.165, 1.54) is 30.9 Å². The Morgan fingerprint density at radius 3 is 2.48 bits per heavy atom. The van der Waals surface area contributed by atoms with E-state index in [9.17, 15) is 23.2 Å². The zero-order valence-electron chi connectivity index (χ0n) is 17.0. The van der Waals surface area contributed by atoms with Gasteiger partial charge in [0.15, 0.2) is 11.6 Å². The highest BCUT2D eigenvalue weighted by molar-refractivity contribution is 5.95. The van der Waals surface area contributed by atoms with Crippen molar-refractivity contribution in [1.29, 1.82) is 5.26 Å². The zero-order chi connectivity index (χ0) is 22.8. The molecule has 0 saturated heterocycles. The van der Waals surface area contributed by atoms with Crippen LogP contribution in [0.25, 0.3) is 5.82 Å². The average Bonchev–Trinajstić information content (AvgIpc) is 3.23. The molecular formula is C21H19F3N6O. The highest BCUT2D eigenvalue weighted by Gasteiger charge is 2.34. The predicted octanol–water partition coefficient (Wildman–Crippen LogP) is 3.97. The van der Waals surface area contributed by atoms with Gasteiger partial charge >= 0.3 is 6.18 Å². The van der Waals surface area contributed by atoms with E-state index < -0.39 is 29.1 Å². The molecule has 160 valence electrons. The number of hydrogen-bond acceptors (Lipinski definition) is 5. The Labute approximate surface area is 176 Å². The average molecular weight is 428 g/mol. The summed E-state index contributed by atoms with van der Waals surface area (Å²) in [5.74, 6) is 0.106. The first kappa shape index (κ1) is 22.0. The van der Waals surface area contributed by atoms with Gasteiger partial charge in [0.1, 0.15) is 6.33 Å². The van der Waals surface area contributed by atoms with Crippen molar-refractivity contribution < 1.29 is 18.0 Å². The molecule has 3 aromatic rings. The third-order valence-electron chi connectivity index (χ3n) is 4.70. The van der Waals surface area contributed by atoms with Gasteiger partial charge in [-0.1, -0.05) is 6.07 Å². The fourth-order valence-corrected chi connectivity index (χ4v) is 2.89. The number of pyridine rings is 1. The van der Waals surface area contributed by atoms with Crippen molar-refractivity contribution in [2.24, 2.45) is 0 Å². The third-order valence-corrected chi connectivity index (χ3v) is 4.70. The summed E-state index contributed by atoms with van der Waals surface area (Å²) in [6.45, 7) is 4.61. The monoisotopic (exact) mass is 428 g/mol. The molecule has 0 fully saturated rings. The SMILES string of the molecule is CC(NC(=O)c1cc(C(F)(F)F)cc(C(C)(C)C#N)c1)c1ncnn1-c1ccccn1. The number of nitrogens with one attached hydrogen (secondary N) is 1. The van der Waals surface area contributed by atoms with Crippen LogP contribution in [0.1, 0.15) is 54.1 Å². The summed E-state index contributed by atoms with van der Waals surface area (Å²) in [6, 6.07) is 9.44. The number of benzene rings is 1. The molecule has 1 N–H and O–H groups in total. The van der Waals surface area contributed by atoms with Gasteiger partial charge in [0.25, 0.3) is 5.91 Å². The maximum Gasteiger partial charge on any atom is 0.416 e. The molecule has 0 aliphatic rings. The molecule has 2 heterocycles. The van der Waals surface area contributed by atoms with Crippen molar-refractivity contribution in [3.8, 4) is 11.9 Å². The first-order valence-corrected chi connectivity index (χ1v) is 9.29. The second kappa shape index (κ2) is 8.18. The second-order valence-electron chi connectivity index (χ2n) is 7.45. The molecule has 1 amide bonds. The van der Waals surface area contributed by atoms with Crippen LogP contribution in [0.4, 0.5) is 13.2 Å². The van der Waals surface area contributed by atoms with E-state index in [1.807, 2.05) is 6.07 Å². The molecule has 3 rings (SSSR count). The summed E-state index contributed by atoms with van der Waals surface area (Å²) in [7, 11) is 0. The number of rotatable bonds is 5.